The zero-order valence-electron chi connectivity index (χ0n) is 10.5. The van der Waals surface area contributed by atoms with E-state index in [4.69, 9.17) is 33.9 Å². The van der Waals surface area contributed by atoms with Crippen LogP contribution in [0.5, 0.6) is 0 Å². The third kappa shape index (κ3) is 3.58. The highest BCUT2D eigenvalue weighted by molar-refractivity contribution is 8.13. The summed E-state index contributed by atoms with van der Waals surface area (Å²) in [5, 5.41) is 2.70. The van der Waals surface area contributed by atoms with Gasteiger partial charge in [-0.25, -0.2) is 8.42 Å². The Hall–Kier alpha value is -0.490. The van der Waals surface area contributed by atoms with Crippen molar-refractivity contribution in [2.24, 2.45) is 5.41 Å². The van der Waals surface area contributed by atoms with Crippen LogP contribution in [0.15, 0.2) is 17.0 Å². The molecule has 0 bridgehead atoms. The fourth-order valence-electron chi connectivity index (χ4n) is 1.67. The highest BCUT2D eigenvalue weighted by Crippen LogP contribution is 2.44. The summed E-state index contributed by atoms with van der Waals surface area (Å²) in [6, 6.07) is 2.30. The Morgan fingerprint density at radius 1 is 1.30 bits per heavy atom. The molecule has 0 spiro atoms. The Kier molecular flexibility index (Phi) is 4.27. The molecule has 110 valence electrons. The van der Waals surface area contributed by atoms with Gasteiger partial charge in [-0.2, -0.15) is 0 Å². The molecule has 0 saturated heterocycles. The Balaban J connectivity index is 2.28. The van der Waals surface area contributed by atoms with Crippen LogP contribution in [0.25, 0.3) is 0 Å². The first-order valence-electron chi connectivity index (χ1n) is 5.84. The summed E-state index contributed by atoms with van der Waals surface area (Å²) >= 11 is 11.7. The van der Waals surface area contributed by atoms with Crippen LogP contribution in [0.1, 0.15) is 30.1 Å². The molecular weight excluding hydrogens is 345 g/mol. The first-order chi connectivity index (χ1) is 9.12. The molecule has 1 aliphatic rings. The molecule has 8 heteroatoms. The predicted octanol–water partition coefficient (Wildman–Crippen LogP) is 3.45. The van der Waals surface area contributed by atoms with Gasteiger partial charge in [0.05, 0.1) is 15.6 Å². The van der Waals surface area contributed by atoms with Crippen molar-refractivity contribution in [1.29, 1.82) is 0 Å². The van der Waals surface area contributed by atoms with Gasteiger partial charge in [-0.05, 0) is 30.4 Å². The molecule has 1 N–H and O–H groups in total. The maximum atomic E-state index is 12.1. The summed E-state index contributed by atoms with van der Waals surface area (Å²) in [5.74, 6) is -0.443. The molecule has 1 fully saturated rings. The largest absolute Gasteiger partial charge is 0.351 e. The SMILES string of the molecule is CC1(CNC(=O)c2cc(S(=O)(=O)Cl)c(Cl)cc2Cl)CC1. The molecule has 1 amide bonds. The van der Waals surface area contributed by atoms with Crippen LogP contribution >= 0.6 is 33.9 Å². The summed E-state index contributed by atoms with van der Waals surface area (Å²) in [6.45, 7) is 2.58. The lowest BCUT2D eigenvalue weighted by Gasteiger charge is -2.12. The van der Waals surface area contributed by atoms with Gasteiger partial charge >= 0.3 is 0 Å². The van der Waals surface area contributed by atoms with Crippen LogP contribution in [-0.2, 0) is 9.05 Å². The monoisotopic (exact) mass is 355 g/mol. The van der Waals surface area contributed by atoms with Gasteiger partial charge in [-0.15, -0.1) is 0 Å². The summed E-state index contributed by atoms with van der Waals surface area (Å²) in [6.07, 6.45) is 2.12. The Bertz CT molecular complexity index is 669. The number of hydrogen-bond acceptors (Lipinski definition) is 3. The van der Waals surface area contributed by atoms with E-state index >= 15 is 0 Å². The van der Waals surface area contributed by atoms with Crippen molar-refractivity contribution in [3.8, 4) is 0 Å². The summed E-state index contributed by atoms with van der Waals surface area (Å²) in [5.41, 5.74) is 0.176. The lowest BCUT2D eigenvalue weighted by molar-refractivity contribution is 0.0946. The Labute approximate surface area is 131 Å². The third-order valence-corrected chi connectivity index (χ3v) is 5.41. The van der Waals surface area contributed by atoms with E-state index in [9.17, 15) is 13.2 Å². The third-order valence-electron chi connectivity index (χ3n) is 3.31. The number of carbonyl (C=O) groups is 1. The molecule has 1 aromatic rings. The molecule has 0 heterocycles. The normalized spacial score (nSPS) is 16.8. The number of halogens is 3. The van der Waals surface area contributed by atoms with Crippen molar-refractivity contribution in [2.45, 2.75) is 24.7 Å². The highest BCUT2D eigenvalue weighted by Gasteiger charge is 2.37. The van der Waals surface area contributed by atoms with Gasteiger partial charge in [0.15, 0.2) is 0 Å². The molecule has 0 aromatic heterocycles. The number of benzene rings is 1. The van der Waals surface area contributed by atoms with Gasteiger partial charge in [0, 0.05) is 17.2 Å². The van der Waals surface area contributed by atoms with Gasteiger partial charge in [-0.1, -0.05) is 30.1 Å². The van der Waals surface area contributed by atoms with Crippen LogP contribution in [0.3, 0.4) is 0 Å². The second-order valence-corrected chi connectivity index (χ2v) is 8.54. The molecule has 0 radical (unpaired) electrons. The van der Waals surface area contributed by atoms with E-state index in [0.717, 1.165) is 18.9 Å². The predicted molar refractivity (Wildman–Crippen MR) is 79.2 cm³/mol. The van der Waals surface area contributed by atoms with Crippen LogP contribution in [0.4, 0.5) is 0 Å². The van der Waals surface area contributed by atoms with Crippen LogP contribution in [0.2, 0.25) is 10.0 Å². The number of hydrogen-bond donors (Lipinski definition) is 1. The summed E-state index contributed by atoms with van der Waals surface area (Å²) in [4.78, 5) is 11.7. The van der Waals surface area contributed by atoms with E-state index in [1.54, 1.807) is 0 Å². The molecule has 0 atom stereocenters. The maximum Gasteiger partial charge on any atom is 0.262 e. The minimum atomic E-state index is -4.04. The van der Waals surface area contributed by atoms with E-state index in [1.165, 1.54) is 6.07 Å². The first kappa shape index (κ1) is 15.9. The number of carbonyl (C=O) groups excluding carboxylic acids is 1. The van der Waals surface area contributed by atoms with Crippen LogP contribution in [0, 0.1) is 5.41 Å². The van der Waals surface area contributed by atoms with Crippen molar-refractivity contribution < 1.29 is 13.2 Å². The van der Waals surface area contributed by atoms with Crippen molar-refractivity contribution in [3.63, 3.8) is 0 Å². The number of rotatable bonds is 4. The smallest absolute Gasteiger partial charge is 0.262 e. The van der Waals surface area contributed by atoms with Gasteiger partial charge in [0.25, 0.3) is 15.0 Å². The lowest BCUT2D eigenvalue weighted by Crippen LogP contribution is -2.29. The molecule has 0 unspecified atom stereocenters. The zero-order valence-corrected chi connectivity index (χ0v) is 13.6. The maximum absolute atomic E-state index is 12.1. The van der Waals surface area contributed by atoms with Gasteiger partial charge in [0.1, 0.15) is 4.90 Å². The average Bonchev–Trinajstić information content (AvgIpc) is 3.03. The standard InChI is InChI=1S/C12H12Cl3NO3S/c1-12(2-3-12)6-16-11(17)7-4-10(20(15,18)19)9(14)5-8(7)13/h4-5H,2-3,6H2,1H3,(H,16,17). The summed E-state index contributed by atoms with van der Waals surface area (Å²) in [7, 11) is 1.23. The van der Waals surface area contributed by atoms with E-state index < -0.39 is 15.0 Å². The van der Waals surface area contributed by atoms with Crippen molar-refractivity contribution in [2.75, 3.05) is 6.54 Å². The molecule has 4 nitrogen and oxygen atoms in total. The molecule has 1 saturated carbocycles. The van der Waals surface area contributed by atoms with E-state index in [1.807, 2.05) is 0 Å². The van der Waals surface area contributed by atoms with Crippen molar-refractivity contribution in [1.82, 2.24) is 5.32 Å². The zero-order chi connectivity index (χ0) is 15.1. The number of nitrogens with one attached hydrogen (secondary N) is 1. The molecule has 20 heavy (non-hydrogen) atoms. The molecule has 0 aliphatic heterocycles. The van der Waals surface area contributed by atoms with Crippen LogP contribution in [-0.4, -0.2) is 20.9 Å². The lowest BCUT2D eigenvalue weighted by atomic mass is 10.1. The second kappa shape index (κ2) is 5.37. The quantitative estimate of drug-likeness (QED) is 0.840. The first-order valence-corrected chi connectivity index (χ1v) is 8.91. The highest BCUT2D eigenvalue weighted by atomic mass is 35.7. The fraction of sp³-hybridized carbons (Fsp3) is 0.417. The number of amides is 1. The molecule has 2 rings (SSSR count). The molecule has 1 aliphatic carbocycles. The second-order valence-electron chi connectivity index (χ2n) is 5.19. The van der Waals surface area contributed by atoms with E-state index in [2.05, 4.69) is 12.2 Å². The van der Waals surface area contributed by atoms with Gasteiger partial charge in [-0.3, -0.25) is 4.79 Å². The minimum Gasteiger partial charge on any atom is -0.351 e. The van der Waals surface area contributed by atoms with Crippen molar-refractivity contribution in [3.05, 3.63) is 27.7 Å². The minimum absolute atomic E-state index is 0.0412. The fourth-order valence-corrected chi connectivity index (χ4v) is 3.49. The Morgan fingerprint density at radius 2 is 1.90 bits per heavy atom. The average molecular weight is 357 g/mol. The van der Waals surface area contributed by atoms with Gasteiger partial charge < -0.3 is 5.32 Å². The summed E-state index contributed by atoms with van der Waals surface area (Å²) < 4.78 is 22.7. The van der Waals surface area contributed by atoms with Gasteiger partial charge in [0.2, 0.25) is 0 Å². The molecule has 1 aromatic carbocycles. The van der Waals surface area contributed by atoms with E-state index in [-0.39, 0.29) is 25.9 Å². The van der Waals surface area contributed by atoms with Crippen LogP contribution < -0.4 is 5.32 Å². The Morgan fingerprint density at radius 3 is 2.40 bits per heavy atom. The van der Waals surface area contributed by atoms with E-state index in [0.29, 0.717) is 6.54 Å². The topological polar surface area (TPSA) is 63.2 Å². The molecular formula is C12H12Cl3NO3S. The van der Waals surface area contributed by atoms with Crippen molar-refractivity contribution >= 4 is 48.8 Å².